The molecule has 1 rings (SSSR count). The molecule has 5 nitrogen and oxygen atoms in total. The number of nitrogen functional groups attached to an aromatic ring is 1. The second kappa shape index (κ2) is 6.81. The van der Waals surface area contributed by atoms with Crippen molar-refractivity contribution >= 4 is 28.9 Å². The first-order valence-electron chi connectivity index (χ1n) is 6.30. The zero-order chi connectivity index (χ0) is 15.3. The third-order valence-corrected chi connectivity index (χ3v) is 2.83. The summed E-state index contributed by atoms with van der Waals surface area (Å²) >= 11 is 6.14. The number of methoxy groups -OCH3 is 1. The minimum atomic E-state index is -0.579. The molecule has 0 saturated carbocycles. The molecule has 0 radical (unpaired) electrons. The Balaban J connectivity index is 2.91. The molecule has 0 spiro atoms. The van der Waals surface area contributed by atoms with Gasteiger partial charge in [0.1, 0.15) is 5.60 Å². The Hall–Kier alpha value is -1.46. The summed E-state index contributed by atoms with van der Waals surface area (Å²) in [4.78, 5) is 12.0. The van der Waals surface area contributed by atoms with Crippen LogP contribution in [-0.2, 0) is 9.47 Å². The van der Waals surface area contributed by atoms with Gasteiger partial charge in [0.15, 0.2) is 0 Å². The highest BCUT2D eigenvalue weighted by Crippen LogP contribution is 2.31. The van der Waals surface area contributed by atoms with Gasteiger partial charge >= 0.3 is 5.97 Å². The highest BCUT2D eigenvalue weighted by Gasteiger charge is 2.21. The van der Waals surface area contributed by atoms with Crippen molar-refractivity contribution in [3.63, 3.8) is 0 Å². The van der Waals surface area contributed by atoms with Crippen molar-refractivity contribution in [2.75, 3.05) is 31.3 Å². The first-order valence-corrected chi connectivity index (χ1v) is 6.68. The van der Waals surface area contributed by atoms with Crippen molar-refractivity contribution in [1.29, 1.82) is 0 Å². The maximum Gasteiger partial charge on any atom is 0.340 e. The van der Waals surface area contributed by atoms with Gasteiger partial charge in [0, 0.05) is 13.7 Å². The topological polar surface area (TPSA) is 73.6 Å². The summed E-state index contributed by atoms with van der Waals surface area (Å²) in [5, 5.41) is 3.28. The van der Waals surface area contributed by atoms with Crippen molar-refractivity contribution in [2.24, 2.45) is 0 Å². The summed E-state index contributed by atoms with van der Waals surface area (Å²) < 4.78 is 10.2. The number of nitrogens with one attached hydrogen (secondary N) is 1. The molecular formula is C14H21ClN2O3. The highest BCUT2D eigenvalue weighted by atomic mass is 35.5. The Labute approximate surface area is 124 Å². The van der Waals surface area contributed by atoms with Gasteiger partial charge in [-0.1, -0.05) is 11.6 Å². The Kier molecular flexibility index (Phi) is 5.65. The van der Waals surface area contributed by atoms with E-state index in [9.17, 15) is 4.79 Å². The fourth-order valence-corrected chi connectivity index (χ4v) is 1.77. The molecule has 0 aliphatic carbocycles. The zero-order valence-corrected chi connectivity index (χ0v) is 13.0. The summed E-state index contributed by atoms with van der Waals surface area (Å²) in [6.45, 7) is 6.53. The minimum absolute atomic E-state index is 0.196. The molecule has 3 N–H and O–H groups in total. The molecule has 0 bridgehead atoms. The van der Waals surface area contributed by atoms with E-state index in [0.717, 1.165) is 0 Å². The van der Waals surface area contributed by atoms with Crippen LogP contribution >= 0.6 is 11.6 Å². The molecule has 112 valence electrons. The van der Waals surface area contributed by atoms with Crippen LogP contribution in [-0.4, -0.2) is 31.8 Å². The number of rotatable bonds is 5. The molecule has 0 fully saturated rings. The summed E-state index contributed by atoms with van der Waals surface area (Å²) in [7, 11) is 1.61. The van der Waals surface area contributed by atoms with Crippen molar-refractivity contribution in [1.82, 2.24) is 0 Å². The fraction of sp³-hybridized carbons (Fsp3) is 0.500. The quantitative estimate of drug-likeness (QED) is 0.497. The molecule has 1 aromatic rings. The lowest BCUT2D eigenvalue weighted by Crippen LogP contribution is -2.24. The molecule has 0 heterocycles. The number of nitrogens with two attached hydrogens (primary N) is 1. The normalized spacial score (nSPS) is 11.2. The maximum absolute atomic E-state index is 12.0. The number of ether oxygens (including phenoxy) is 2. The lowest BCUT2D eigenvalue weighted by Gasteiger charge is -2.20. The lowest BCUT2D eigenvalue weighted by molar-refractivity contribution is 0.00698. The molecule has 0 aromatic heterocycles. The van der Waals surface area contributed by atoms with Crippen LogP contribution in [0.3, 0.4) is 0 Å². The van der Waals surface area contributed by atoms with Gasteiger partial charge in [-0.3, -0.25) is 0 Å². The van der Waals surface area contributed by atoms with Crippen LogP contribution in [0, 0.1) is 0 Å². The molecule has 0 aliphatic heterocycles. The summed E-state index contributed by atoms with van der Waals surface area (Å²) in [6.07, 6.45) is 0. The van der Waals surface area contributed by atoms with Gasteiger partial charge < -0.3 is 20.5 Å². The summed E-state index contributed by atoms with van der Waals surface area (Å²) in [5.74, 6) is -0.488. The van der Waals surface area contributed by atoms with Crippen LogP contribution in [0.5, 0.6) is 0 Å². The van der Waals surface area contributed by atoms with Crippen LogP contribution in [0.15, 0.2) is 12.1 Å². The third-order valence-electron chi connectivity index (χ3n) is 2.42. The molecule has 20 heavy (non-hydrogen) atoms. The predicted octanol–water partition coefficient (Wildman–Crippen LogP) is 2.94. The smallest absolute Gasteiger partial charge is 0.340 e. The van der Waals surface area contributed by atoms with E-state index in [2.05, 4.69) is 5.32 Å². The Morgan fingerprint density at radius 2 is 2.05 bits per heavy atom. The number of hydrogen-bond donors (Lipinski definition) is 2. The number of anilines is 2. The SMILES string of the molecule is COCCNc1ccc(C(=O)OC(C)(C)C)c(Cl)c1N. The average Bonchev–Trinajstić information content (AvgIpc) is 2.32. The fourth-order valence-electron chi connectivity index (χ4n) is 1.53. The minimum Gasteiger partial charge on any atom is -0.456 e. The molecule has 0 amide bonds. The first-order chi connectivity index (χ1) is 9.26. The number of esters is 1. The molecule has 1 aromatic carbocycles. The van der Waals surface area contributed by atoms with Crippen molar-refractivity contribution in [3.8, 4) is 0 Å². The third kappa shape index (κ3) is 4.58. The second-order valence-corrected chi connectivity index (χ2v) is 5.69. The Morgan fingerprint density at radius 3 is 2.60 bits per heavy atom. The number of carbonyl (C=O) groups is 1. The van der Waals surface area contributed by atoms with Crippen molar-refractivity contribution < 1.29 is 14.3 Å². The molecule has 0 atom stereocenters. The highest BCUT2D eigenvalue weighted by molar-refractivity contribution is 6.36. The van der Waals surface area contributed by atoms with Crippen molar-refractivity contribution in [3.05, 3.63) is 22.7 Å². The Morgan fingerprint density at radius 1 is 1.40 bits per heavy atom. The number of hydrogen-bond acceptors (Lipinski definition) is 5. The van der Waals surface area contributed by atoms with Crippen LogP contribution in [0.25, 0.3) is 0 Å². The van der Waals surface area contributed by atoms with Crippen LogP contribution < -0.4 is 11.1 Å². The van der Waals surface area contributed by atoms with Gasteiger partial charge in [-0.15, -0.1) is 0 Å². The van der Waals surface area contributed by atoms with E-state index in [1.165, 1.54) is 0 Å². The summed E-state index contributed by atoms with van der Waals surface area (Å²) in [5.41, 5.74) is 6.60. The molecule has 0 aliphatic rings. The zero-order valence-electron chi connectivity index (χ0n) is 12.2. The lowest BCUT2D eigenvalue weighted by atomic mass is 10.1. The molecule has 6 heteroatoms. The number of halogens is 1. The van der Waals surface area contributed by atoms with E-state index in [1.807, 2.05) is 0 Å². The van der Waals surface area contributed by atoms with E-state index in [0.29, 0.717) is 24.5 Å². The molecule has 0 saturated heterocycles. The van der Waals surface area contributed by atoms with Crippen molar-refractivity contribution in [2.45, 2.75) is 26.4 Å². The number of carbonyl (C=O) groups excluding carboxylic acids is 1. The van der Waals surface area contributed by atoms with E-state index >= 15 is 0 Å². The standard InChI is InChI=1S/C14H21ClN2O3/c1-14(2,3)20-13(18)9-5-6-10(12(16)11(9)15)17-7-8-19-4/h5-6,17H,7-8,16H2,1-4H3. The average molecular weight is 301 g/mol. The number of benzene rings is 1. The van der Waals surface area contributed by atoms with Crippen LogP contribution in [0.2, 0.25) is 5.02 Å². The van der Waals surface area contributed by atoms with E-state index in [4.69, 9.17) is 26.8 Å². The van der Waals surface area contributed by atoms with Crippen LogP contribution in [0.4, 0.5) is 11.4 Å². The first kappa shape index (κ1) is 16.6. The predicted molar refractivity (Wildman–Crippen MR) is 81.4 cm³/mol. The van der Waals surface area contributed by atoms with E-state index in [-0.39, 0.29) is 10.6 Å². The Bertz CT molecular complexity index is 484. The maximum atomic E-state index is 12.0. The summed E-state index contributed by atoms with van der Waals surface area (Å²) in [6, 6.07) is 3.30. The van der Waals surface area contributed by atoms with Gasteiger partial charge in [0.05, 0.1) is 28.6 Å². The van der Waals surface area contributed by atoms with Gasteiger partial charge in [0.2, 0.25) is 0 Å². The second-order valence-electron chi connectivity index (χ2n) is 5.31. The van der Waals surface area contributed by atoms with E-state index < -0.39 is 11.6 Å². The van der Waals surface area contributed by atoms with Gasteiger partial charge in [0.25, 0.3) is 0 Å². The largest absolute Gasteiger partial charge is 0.456 e. The van der Waals surface area contributed by atoms with E-state index in [1.54, 1.807) is 40.0 Å². The van der Waals surface area contributed by atoms with Crippen LogP contribution in [0.1, 0.15) is 31.1 Å². The molecular weight excluding hydrogens is 280 g/mol. The van der Waals surface area contributed by atoms with Gasteiger partial charge in [-0.2, -0.15) is 0 Å². The van der Waals surface area contributed by atoms with Gasteiger partial charge in [-0.05, 0) is 32.9 Å². The monoisotopic (exact) mass is 300 g/mol. The van der Waals surface area contributed by atoms with Gasteiger partial charge in [-0.25, -0.2) is 4.79 Å². The molecule has 0 unspecified atom stereocenters.